The van der Waals surface area contributed by atoms with Crippen LogP contribution in [0.15, 0.2) is 0 Å². The molecule has 1 saturated carbocycles. The molecule has 0 amide bonds. The van der Waals surface area contributed by atoms with Gasteiger partial charge in [0.05, 0.1) is 5.92 Å². The highest BCUT2D eigenvalue weighted by Crippen LogP contribution is 2.38. The summed E-state index contributed by atoms with van der Waals surface area (Å²) >= 11 is 1.95. The number of carboxylic acids is 1. The Morgan fingerprint density at radius 3 is 2.41 bits per heavy atom. The predicted molar refractivity (Wildman–Crippen MR) is 73.6 cm³/mol. The first-order chi connectivity index (χ1) is 8.01. The number of hydrogen-bond acceptors (Lipinski definition) is 3. The van der Waals surface area contributed by atoms with Crippen molar-refractivity contribution < 1.29 is 9.90 Å². The van der Waals surface area contributed by atoms with E-state index in [4.69, 9.17) is 5.11 Å². The van der Waals surface area contributed by atoms with Crippen LogP contribution in [0.5, 0.6) is 0 Å². The van der Waals surface area contributed by atoms with Crippen LogP contribution in [0.2, 0.25) is 0 Å². The molecule has 1 rings (SSSR count). The Hall–Kier alpha value is -0.220. The molecule has 0 radical (unpaired) electrons. The molecule has 0 spiro atoms. The molecule has 17 heavy (non-hydrogen) atoms. The summed E-state index contributed by atoms with van der Waals surface area (Å²) in [5.41, 5.74) is 0. The van der Waals surface area contributed by atoms with Crippen molar-refractivity contribution in [3.8, 4) is 0 Å². The monoisotopic (exact) mass is 259 g/mol. The lowest BCUT2D eigenvalue weighted by Gasteiger charge is -2.37. The number of carbonyl (C=O) groups is 1. The van der Waals surface area contributed by atoms with E-state index in [-0.39, 0.29) is 12.0 Å². The van der Waals surface area contributed by atoms with Crippen LogP contribution in [-0.4, -0.2) is 34.7 Å². The Morgan fingerprint density at radius 1 is 1.35 bits per heavy atom. The third-order valence-corrected chi connectivity index (χ3v) is 5.50. The van der Waals surface area contributed by atoms with E-state index in [1.165, 1.54) is 32.1 Å². The summed E-state index contributed by atoms with van der Waals surface area (Å²) in [7, 11) is 0. The Labute approximate surface area is 109 Å². The molecule has 0 heterocycles. The van der Waals surface area contributed by atoms with Crippen molar-refractivity contribution in [3.05, 3.63) is 0 Å². The number of hydrogen-bond donors (Lipinski definition) is 2. The van der Waals surface area contributed by atoms with Crippen LogP contribution in [0.3, 0.4) is 0 Å². The van der Waals surface area contributed by atoms with Crippen LogP contribution in [-0.2, 0) is 4.79 Å². The van der Waals surface area contributed by atoms with Gasteiger partial charge < -0.3 is 10.4 Å². The normalized spacial score (nSPS) is 23.0. The Kier molecular flexibility index (Phi) is 5.80. The molecule has 2 atom stereocenters. The molecule has 0 aliphatic heterocycles. The fourth-order valence-corrected chi connectivity index (χ4v) is 3.31. The highest BCUT2D eigenvalue weighted by Gasteiger charge is 2.32. The standard InChI is InChI=1S/C13H25NO2S/c1-10(12(15)16)11(2)14-9-13(17-3)7-5-4-6-8-13/h10-11,14H,4-9H2,1-3H3,(H,15,16). The van der Waals surface area contributed by atoms with E-state index in [9.17, 15) is 4.79 Å². The Balaban J connectivity index is 2.44. The van der Waals surface area contributed by atoms with Crippen molar-refractivity contribution >= 4 is 17.7 Å². The molecule has 3 nitrogen and oxygen atoms in total. The second kappa shape index (κ2) is 6.64. The van der Waals surface area contributed by atoms with Crippen molar-refractivity contribution in [1.82, 2.24) is 5.32 Å². The first-order valence-electron chi connectivity index (χ1n) is 6.52. The second-order valence-electron chi connectivity index (χ2n) is 5.24. The molecule has 1 aliphatic carbocycles. The smallest absolute Gasteiger partial charge is 0.307 e. The highest BCUT2D eigenvalue weighted by molar-refractivity contribution is 8.00. The lowest BCUT2D eigenvalue weighted by molar-refractivity contribution is -0.141. The van der Waals surface area contributed by atoms with Gasteiger partial charge in [0.1, 0.15) is 0 Å². The first kappa shape index (κ1) is 14.8. The van der Waals surface area contributed by atoms with E-state index in [0.717, 1.165) is 6.54 Å². The third kappa shape index (κ3) is 4.18. The number of nitrogens with one attached hydrogen (secondary N) is 1. The van der Waals surface area contributed by atoms with Gasteiger partial charge in [0.25, 0.3) is 0 Å². The average Bonchev–Trinajstić information content (AvgIpc) is 2.36. The summed E-state index contributed by atoms with van der Waals surface area (Å²) in [6.07, 6.45) is 8.67. The van der Waals surface area contributed by atoms with Gasteiger partial charge in [-0.1, -0.05) is 26.2 Å². The molecule has 1 fully saturated rings. The lowest BCUT2D eigenvalue weighted by Crippen LogP contribution is -2.45. The molecular weight excluding hydrogens is 234 g/mol. The van der Waals surface area contributed by atoms with Gasteiger partial charge >= 0.3 is 5.97 Å². The summed E-state index contributed by atoms with van der Waals surface area (Å²) in [4.78, 5) is 10.9. The maximum atomic E-state index is 10.9. The summed E-state index contributed by atoms with van der Waals surface area (Å²) in [6, 6.07) is 0.0402. The summed E-state index contributed by atoms with van der Waals surface area (Å²) in [6.45, 7) is 4.68. The van der Waals surface area contributed by atoms with Gasteiger partial charge in [-0.3, -0.25) is 4.79 Å². The zero-order chi connectivity index (χ0) is 12.9. The fraction of sp³-hybridized carbons (Fsp3) is 0.923. The van der Waals surface area contributed by atoms with Gasteiger partial charge in [0.2, 0.25) is 0 Å². The van der Waals surface area contributed by atoms with Gasteiger partial charge in [0, 0.05) is 17.3 Å². The zero-order valence-corrected chi connectivity index (χ0v) is 12.0. The van der Waals surface area contributed by atoms with Crippen molar-refractivity contribution in [2.75, 3.05) is 12.8 Å². The SMILES string of the molecule is CSC1(CNC(C)C(C)C(=O)O)CCCCC1. The minimum Gasteiger partial charge on any atom is -0.481 e. The molecule has 0 aromatic rings. The van der Waals surface area contributed by atoms with Crippen LogP contribution in [0, 0.1) is 5.92 Å². The van der Waals surface area contributed by atoms with E-state index in [0.29, 0.717) is 4.75 Å². The molecule has 0 bridgehead atoms. The molecule has 100 valence electrons. The van der Waals surface area contributed by atoms with Gasteiger partial charge in [-0.2, -0.15) is 11.8 Å². The molecule has 2 N–H and O–H groups in total. The minimum absolute atomic E-state index is 0.0402. The van der Waals surface area contributed by atoms with Crippen molar-refractivity contribution in [2.24, 2.45) is 5.92 Å². The average molecular weight is 259 g/mol. The molecule has 0 aromatic carbocycles. The highest BCUT2D eigenvalue weighted by atomic mass is 32.2. The number of carboxylic acid groups (broad SMARTS) is 1. The maximum absolute atomic E-state index is 10.9. The van der Waals surface area contributed by atoms with Crippen molar-refractivity contribution in [2.45, 2.75) is 56.7 Å². The summed E-state index contributed by atoms with van der Waals surface area (Å²) in [5, 5.41) is 12.4. The van der Waals surface area contributed by atoms with Gasteiger partial charge in [0.15, 0.2) is 0 Å². The van der Waals surface area contributed by atoms with E-state index >= 15 is 0 Å². The zero-order valence-electron chi connectivity index (χ0n) is 11.2. The Morgan fingerprint density at radius 2 is 1.94 bits per heavy atom. The number of rotatable bonds is 6. The summed E-state index contributed by atoms with van der Waals surface area (Å²) < 4.78 is 0.338. The van der Waals surface area contributed by atoms with Crippen LogP contribution >= 0.6 is 11.8 Å². The molecule has 4 heteroatoms. The number of aliphatic carboxylic acids is 1. The third-order valence-electron chi connectivity index (χ3n) is 4.08. The van der Waals surface area contributed by atoms with Crippen LogP contribution in [0.4, 0.5) is 0 Å². The lowest BCUT2D eigenvalue weighted by atomic mass is 9.87. The van der Waals surface area contributed by atoms with E-state index in [2.05, 4.69) is 11.6 Å². The quantitative estimate of drug-likeness (QED) is 0.770. The van der Waals surface area contributed by atoms with Crippen molar-refractivity contribution in [1.29, 1.82) is 0 Å². The first-order valence-corrected chi connectivity index (χ1v) is 7.74. The second-order valence-corrected chi connectivity index (χ2v) is 6.52. The fourth-order valence-electron chi connectivity index (χ4n) is 2.39. The molecule has 1 aliphatic rings. The molecule has 0 saturated heterocycles. The van der Waals surface area contributed by atoms with Crippen LogP contribution < -0.4 is 5.32 Å². The topological polar surface area (TPSA) is 49.3 Å². The number of thioether (sulfide) groups is 1. The van der Waals surface area contributed by atoms with Gasteiger partial charge in [-0.25, -0.2) is 0 Å². The largest absolute Gasteiger partial charge is 0.481 e. The van der Waals surface area contributed by atoms with E-state index < -0.39 is 5.97 Å². The van der Waals surface area contributed by atoms with E-state index in [1.807, 2.05) is 18.7 Å². The summed E-state index contributed by atoms with van der Waals surface area (Å²) in [5.74, 6) is -1.04. The maximum Gasteiger partial charge on any atom is 0.307 e. The van der Waals surface area contributed by atoms with Crippen LogP contribution in [0.25, 0.3) is 0 Å². The molecular formula is C13H25NO2S. The Bertz CT molecular complexity index is 252. The van der Waals surface area contributed by atoms with Crippen molar-refractivity contribution in [3.63, 3.8) is 0 Å². The molecule has 0 aromatic heterocycles. The minimum atomic E-state index is -0.716. The van der Waals surface area contributed by atoms with Crippen LogP contribution in [0.1, 0.15) is 46.0 Å². The van der Waals surface area contributed by atoms with E-state index in [1.54, 1.807) is 6.92 Å². The van der Waals surface area contributed by atoms with Gasteiger partial charge in [-0.05, 0) is 26.0 Å². The van der Waals surface area contributed by atoms with Gasteiger partial charge in [-0.15, -0.1) is 0 Å². The predicted octanol–water partition coefficient (Wildman–Crippen LogP) is 2.75. The molecule has 2 unspecified atom stereocenters.